The lowest BCUT2D eigenvalue weighted by Gasteiger charge is -2.33. The molecule has 1 aliphatic carbocycles. The summed E-state index contributed by atoms with van der Waals surface area (Å²) >= 11 is 0. The molecule has 1 unspecified atom stereocenters. The minimum atomic E-state index is -2.92. The van der Waals surface area contributed by atoms with Crippen LogP contribution < -0.4 is 0 Å². The van der Waals surface area contributed by atoms with Crippen LogP contribution in [0.25, 0.3) is 0 Å². The van der Waals surface area contributed by atoms with Crippen LogP contribution in [-0.4, -0.2) is 51.4 Å². The molecule has 2 atom stereocenters. The number of hydrogen-bond donors (Lipinski definition) is 0. The number of sulfone groups is 1. The van der Waals surface area contributed by atoms with Gasteiger partial charge in [0, 0.05) is 24.9 Å². The summed E-state index contributed by atoms with van der Waals surface area (Å²) in [6.07, 6.45) is 2.02. The van der Waals surface area contributed by atoms with E-state index in [9.17, 15) is 8.42 Å². The van der Waals surface area contributed by atoms with Crippen LogP contribution in [0.15, 0.2) is 0 Å². The minimum Gasteiger partial charge on any atom is -0.379 e. The van der Waals surface area contributed by atoms with E-state index in [2.05, 4.69) is 11.8 Å². The predicted octanol–water partition coefficient (Wildman–Crippen LogP) is 0.0560. The minimum absolute atomic E-state index is 0.170. The highest BCUT2D eigenvalue weighted by Crippen LogP contribution is 2.43. The Labute approximate surface area is 85.1 Å². The standard InChI is InChI=1S/C9H16NO3S/c1-7-6-13-4-3-10(7)8-5-9(8)14(2,11)12/h7-8H,3-6H2,1-2H3/t7-,8?/m1/s1. The van der Waals surface area contributed by atoms with Crippen LogP contribution >= 0.6 is 0 Å². The van der Waals surface area contributed by atoms with E-state index in [0.717, 1.165) is 19.6 Å². The van der Waals surface area contributed by atoms with Crippen molar-refractivity contribution in [1.82, 2.24) is 4.90 Å². The number of rotatable bonds is 2. The molecule has 0 amide bonds. The fraction of sp³-hybridized carbons (Fsp3) is 0.889. The molecule has 1 saturated carbocycles. The molecule has 1 heterocycles. The van der Waals surface area contributed by atoms with Crippen LogP contribution in [0.5, 0.6) is 0 Å². The van der Waals surface area contributed by atoms with Crippen LogP contribution in [-0.2, 0) is 14.6 Å². The smallest absolute Gasteiger partial charge is 0.156 e. The van der Waals surface area contributed by atoms with Gasteiger partial charge in [-0.1, -0.05) is 0 Å². The van der Waals surface area contributed by atoms with E-state index in [1.165, 1.54) is 6.26 Å². The third-order valence-electron chi connectivity index (χ3n) is 2.90. The van der Waals surface area contributed by atoms with E-state index in [1.54, 1.807) is 0 Å². The molecule has 1 radical (unpaired) electrons. The second kappa shape index (κ2) is 3.47. The molecule has 0 N–H and O–H groups in total. The van der Waals surface area contributed by atoms with Gasteiger partial charge in [0.25, 0.3) is 0 Å². The lowest BCUT2D eigenvalue weighted by molar-refractivity contribution is -0.00308. The van der Waals surface area contributed by atoms with Crippen LogP contribution in [0.4, 0.5) is 0 Å². The Bertz CT molecular complexity index is 314. The monoisotopic (exact) mass is 218 g/mol. The summed E-state index contributed by atoms with van der Waals surface area (Å²) in [5.41, 5.74) is 0. The molecular formula is C9H16NO3S. The number of ether oxygens (including phenoxy) is 1. The van der Waals surface area contributed by atoms with Gasteiger partial charge in [0.05, 0.1) is 13.2 Å². The van der Waals surface area contributed by atoms with Gasteiger partial charge < -0.3 is 4.74 Å². The molecule has 1 aliphatic heterocycles. The lowest BCUT2D eigenvalue weighted by Crippen LogP contribution is -2.45. The lowest BCUT2D eigenvalue weighted by atomic mass is 10.2. The Morgan fingerprint density at radius 1 is 1.50 bits per heavy atom. The molecule has 81 valence electrons. The molecular weight excluding hydrogens is 202 g/mol. The first-order valence-electron chi connectivity index (χ1n) is 4.89. The molecule has 2 rings (SSSR count). The van der Waals surface area contributed by atoms with Crippen LogP contribution in [0.3, 0.4) is 0 Å². The molecule has 1 saturated heterocycles. The summed E-state index contributed by atoms with van der Waals surface area (Å²) < 4.78 is 27.8. The molecule has 0 bridgehead atoms. The van der Waals surface area contributed by atoms with Crippen molar-refractivity contribution >= 4 is 9.84 Å². The first-order valence-corrected chi connectivity index (χ1v) is 6.78. The zero-order chi connectivity index (χ0) is 10.3. The summed E-state index contributed by atoms with van der Waals surface area (Å²) in [6, 6.07) is 0.511. The van der Waals surface area contributed by atoms with Gasteiger partial charge in [-0.3, -0.25) is 4.90 Å². The summed E-state index contributed by atoms with van der Waals surface area (Å²) in [5, 5.41) is 0.700. The molecule has 2 aliphatic rings. The maximum Gasteiger partial charge on any atom is 0.156 e. The average Bonchev–Trinajstić information content (AvgIpc) is 2.83. The maximum atomic E-state index is 11.3. The van der Waals surface area contributed by atoms with Crippen molar-refractivity contribution in [2.24, 2.45) is 0 Å². The quantitative estimate of drug-likeness (QED) is 0.657. The zero-order valence-electron chi connectivity index (χ0n) is 8.56. The third kappa shape index (κ3) is 1.94. The van der Waals surface area contributed by atoms with Gasteiger partial charge in [-0.2, -0.15) is 0 Å². The molecule has 5 heteroatoms. The summed E-state index contributed by atoms with van der Waals surface area (Å²) in [5.74, 6) is 0. The van der Waals surface area contributed by atoms with Crippen LogP contribution in [0, 0.1) is 5.25 Å². The Kier molecular flexibility index (Phi) is 2.57. The highest BCUT2D eigenvalue weighted by atomic mass is 32.2. The van der Waals surface area contributed by atoms with E-state index in [1.807, 2.05) is 0 Å². The summed E-state index contributed by atoms with van der Waals surface area (Å²) in [4.78, 5) is 2.24. The third-order valence-corrected chi connectivity index (χ3v) is 4.29. The van der Waals surface area contributed by atoms with Gasteiger partial charge in [0.1, 0.15) is 5.25 Å². The SMILES string of the molecule is C[C@@H]1COCCN1C1C[C]1S(C)(=O)=O. The van der Waals surface area contributed by atoms with Gasteiger partial charge >= 0.3 is 0 Å². The molecule has 0 spiro atoms. The highest BCUT2D eigenvalue weighted by Gasteiger charge is 2.51. The van der Waals surface area contributed by atoms with Crippen molar-refractivity contribution in [3.8, 4) is 0 Å². The van der Waals surface area contributed by atoms with Gasteiger partial charge in [-0.15, -0.1) is 0 Å². The van der Waals surface area contributed by atoms with Crippen molar-refractivity contribution in [2.75, 3.05) is 26.0 Å². The van der Waals surface area contributed by atoms with E-state index in [4.69, 9.17) is 4.74 Å². The fourth-order valence-corrected chi connectivity index (χ4v) is 3.13. The Morgan fingerprint density at radius 3 is 2.71 bits per heavy atom. The van der Waals surface area contributed by atoms with E-state index >= 15 is 0 Å². The predicted molar refractivity (Wildman–Crippen MR) is 53.5 cm³/mol. The van der Waals surface area contributed by atoms with Crippen molar-refractivity contribution in [3.63, 3.8) is 0 Å². The molecule has 0 aromatic carbocycles. The molecule has 2 fully saturated rings. The van der Waals surface area contributed by atoms with Crippen molar-refractivity contribution in [1.29, 1.82) is 0 Å². The molecule has 4 nitrogen and oxygen atoms in total. The van der Waals surface area contributed by atoms with Crippen molar-refractivity contribution in [3.05, 3.63) is 5.25 Å². The van der Waals surface area contributed by atoms with Gasteiger partial charge in [-0.25, -0.2) is 8.42 Å². The summed E-state index contributed by atoms with van der Waals surface area (Å²) in [6.45, 7) is 4.37. The number of nitrogens with zero attached hydrogens (tertiary/aromatic N) is 1. The topological polar surface area (TPSA) is 46.6 Å². The van der Waals surface area contributed by atoms with Crippen molar-refractivity contribution in [2.45, 2.75) is 25.4 Å². The molecule has 14 heavy (non-hydrogen) atoms. The fourth-order valence-electron chi connectivity index (χ4n) is 2.04. The first kappa shape index (κ1) is 10.4. The Balaban J connectivity index is 1.98. The normalized spacial score (nSPS) is 35.9. The van der Waals surface area contributed by atoms with E-state index in [0.29, 0.717) is 17.9 Å². The molecule has 0 aromatic heterocycles. The second-order valence-corrected chi connectivity index (χ2v) is 6.19. The summed E-state index contributed by atoms with van der Waals surface area (Å²) in [7, 11) is -2.92. The van der Waals surface area contributed by atoms with Gasteiger partial charge in [0.2, 0.25) is 0 Å². The van der Waals surface area contributed by atoms with Gasteiger partial charge in [0.15, 0.2) is 9.84 Å². The zero-order valence-corrected chi connectivity index (χ0v) is 9.38. The van der Waals surface area contributed by atoms with E-state index in [-0.39, 0.29) is 6.04 Å². The van der Waals surface area contributed by atoms with E-state index < -0.39 is 9.84 Å². The van der Waals surface area contributed by atoms with Crippen molar-refractivity contribution < 1.29 is 13.2 Å². The first-order chi connectivity index (χ1) is 6.50. The number of hydrogen-bond acceptors (Lipinski definition) is 4. The van der Waals surface area contributed by atoms with Crippen LogP contribution in [0.1, 0.15) is 13.3 Å². The highest BCUT2D eigenvalue weighted by molar-refractivity contribution is 7.94. The second-order valence-electron chi connectivity index (χ2n) is 4.12. The molecule has 0 aromatic rings. The Morgan fingerprint density at radius 2 is 2.21 bits per heavy atom. The maximum absolute atomic E-state index is 11.3. The average molecular weight is 218 g/mol. The largest absolute Gasteiger partial charge is 0.379 e. The Hall–Kier alpha value is -0.130. The van der Waals surface area contributed by atoms with Crippen LogP contribution in [0.2, 0.25) is 0 Å². The number of morpholine rings is 1. The van der Waals surface area contributed by atoms with Gasteiger partial charge in [-0.05, 0) is 13.3 Å².